The van der Waals surface area contributed by atoms with Crippen molar-refractivity contribution in [1.29, 1.82) is 0 Å². The van der Waals surface area contributed by atoms with Gasteiger partial charge in [0.25, 0.3) is 10.0 Å². The fraction of sp³-hybridized carbons (Fsp3) is 0.0909. The minimum atomic E-state index is -3.96. The maximum atomic E-state index is 12.0. The van der Waals surface area contributed by atoms with Crippen LogP contribution in [-0.2, 0) is 16.6 Å². The molecule has 7 nitrogen and oxygen atoms in total. The number of carboxylic acid groups (broad SMARTS) is 1. The first-order chi connectivity index (χ1) is 9.40. The van der Waals surface area contributed by atoms with Crippen LogP contribution in [0.1, 0.15) is 15.9 Å². The Morgan fingerprint density at radius 1 is 1.35 bits per heavy atom. The van der Waals surface area contributed by atoms with Gasteiger partial charge in [-0.3, -0.25) is 5.10 Å². The Kier molecular flexibility index (Phi) is 4.21. The van der Waals surface area contributed by atoms with E-state index in [-0.39, 0.29) is 6.54 Å². The number of halogens is 1. The molecule has 1 heterocycles. The number of rotatable bonds is 5. The number of nitrogens with zero attached hydrogens (tertiary/aromatic N) is 1. The van der Waals surface area contributed by atoms with Gasteiger partial charge in [0.05, 0.1) is 6.20 Å². The minimum absolute atomic E-state index is 0.0493. The fourth-order valence-corrected chi connectivity index (χ4v) is 2.85. The number of carbonyl (C=O) groups is 1. The van der Waals surface area contributed by atoms with Crippen LogP contribution in [0, 0.1) is 0 Å². The molecule has 0 aliphatic heterocycles. The van der Waals surface area contributed by atoms with Crippen LogP contribution in [0.2, 0.25) is 0 Å². The summed E-state index contributed by atoms with van der Waals surface area (Å²) in [6.45, 7) is 0.0493. The highest BCUT2D eigenvalue weighted by Gasteiger charge is 2.24. The third-order valence-corrected chi connectivity index (χ3v) is 4.38. The zero-order chi connectivity index (χ0) is 14.8. The molecule has 0 amide bonds. The molecule has 2 aromatic rings. The van der Waals surface area contributed by atoms with E-state index in [0.717, 1.165) is 16.2 Å². The first-order valence-corrected chi connectivity index (χ1v) is 7.68. The van der Waals surface area contributed by atoms with Gasteiger partial charge in [0, 0.05) is 11.0 Å². The van der Waals surface area contributed by atoms with Crippen molar-refractivity contribution in [1.82, 2.24) is 14.9 Å². The zero-order valence-corrected chi connectivity index (χ0v) is 12.4. The summed E-state index contributed by atoms with van der Waals surface area (Å²) < 4.78 is 27.2. The molecule has 20 heavy (non-hydrogen) atoms. The molecule has 0 aliphatic carbocycles. The Bertz CT molecular complexity index is 724. The number of carboxylic acids is 1. The largest absolute Gasteiger partial charge is 0.478 e. The Morgan fingerprint density at radius 3 is 2.60 bits per heavy atom. The molecule has 3 N–H and O–H groups in total. The Labute approximate surface area is 123 Å². The van der Waals surface area contributed by atoms with Crippen LogP contribution >= 0.6 is 15.9 Å². The van der Waals surface area contributed by atoms with Gasteiger partial charge in [-0.25, -0.2) is 17.9 Å². The van der Waals surface area contributed by atoms with Gasteiger partial charge in [-0.1, -0.05) is 28.1 Å². The van der Waals surface area contributed by atoms with Gasteiger partial charge >= 0.3 is 5.97 Å². The first-order valence-electron chi connectivity index (χ1n) is 5.41. The van der Waals surface area contributed by atoms with E-state index in [0.29, 0.717) is 0 Å². The van der Waals surface area contributed by atoms with E-state index in [1.165, 1.54) is 0 Å². The summed E-state index contributed by atoms with van der Waals surface area (Å²) in [7, 11) is -3.96. The van der Waals surface area contributed by atoms with Gasteiger partial charge in [-0.05, 0) is 17.7 Å². The fourth-order valence-electron chi connectivity index (χ4n) is 1.48. The number of H-pyrrole nitrogens is 1. The van der Waals surface area contributed by atoms with Gasteiger partial charge in [0.2, 0.25) is 0 Å². The molecular weight excluding hydrogens is 350 g/mol. The summed E-state index contributed by atoms with van der Waals surface area (Å²) in [4.78, 5) is 10.9. The summed E-state index contributed by atoms with van der Waals surface area (Å²) in [5.41, 5.74) is 0.349. The summed E-state index contributed by atoms with van der Waals surface area (Å²) in [6.07, 6.45) is 0.955. The topological polar surface area (TPSA) is 112 Å². The lowest BCUT2D eigenvalue weighted by Crippen LogP contribution is -2.25. The number of sulfonamides is 1. The van der Waals surface area contributed by atoms with Crippen LogP contribution in [0.25, 0.3) is 0 Å². The molecule has 0 radical (unpaired) electrons. The Morgan fingerprint density at radius 2 is 2.00 bits per heavy atom. The predicted octanol–water partition coefficient (Wildman–Crippen LogP) is 1.35. The number of nitrogens with one attached hydrogen (secondary N) is 2. The Balaban J connectivity index is 2.17. The summed E-state index contributed by atoms with van der Waals surface area (Å²) in [6, 6.07) is 7.06. The molecule has 2 rings (SSSR count). The van der Waals surface area contributed by atoms with Gasteiger partial charge in [-0.15, -0.1) is 0 Å². The molecule has 9 heteroatoms. The normalized spacial score (nSPS) is 11.4. The molecule has 1 aromatic heterocycles. The van der Waals surface area contributed by atoms with Crippen LogP contribution in [0.15, 0.2) is 40.0 Å². The number of hydrogen-bond acceptors (Lipinski definition) is 4. The molecule has 0 bridgehead atoms. The van der Waals surface area contributed by atoms with Crippen molar-refractivity contribution >= 4 is 31.9 Å². The molecule has 0 saturated heterocycles. The number of benzene rings is 1. The van der Waals surface area contributed by atoms with Crippen molar-refractivity contribution in [2.75, 3.05) is 0 Å². The number of aromatic carboxylic acids is 1. The molecule has 106 valence electrons. The summed E-state index contributed by atoms with van der Waals surface area (Å²) in [5, 5.41) is 14.0. The first kappa shape index (κ1) is 14.7. The quantitative estimate of drug-likeness (QED) is 0.745. The van der Waals surface area contributed by atoms with Crippen LogP contribution < -0.4 is 4.72 Å². The minimum Gasteiger partial charge on any atom is -0.478 e. The number of hydrogen-bond donors (Lipinski definition) is 3. The third kappa shape index (κ3) is 3.24. The highest BCUT2D eigenvalue weighted by atomic mass is 79.9. The predicted molar refractivity (Wildman–Crippen MR) is 73.7 cm³/mol. The smallest absolute Gasteiger partial charge is 0.340 e. The van der Waals surface area contributed by atoms with Crippen molar-refractivity contribution in [3.8, 4) is 0 Å². The molecule has 1 aromatic carbocycles. The second-order valence-corrected chi connectivity index (χ2v) is 6.49. The molecule has 0 fully saturated rings. The van der Waals surface area contributed by atoms with Crippen molar-refractivity contribution in [2.24, 2.45) is 0 Å². The number of aromatic amines is 1. The zero-order valence-electron chi connectivity index (χ0n) is 10.00. The van der Waals surface area contributed by atoms with Crippen molar-refractivity contribution in [3.05, 3.63) is 46.1 Å². The molecule has 0 unspecified atom stereocenters. The van der Waals surface area contributed by atoms with Crippen molar-refractivity contribution in [2.45, 2.75) is 11.6 Å². The third-order valence-electron chi connectivity index (χ3n) is 2.48. The van der Waals surface area contributed by atoms with Crippen LogP contribution in [0.4, 0.5) is 0 Å². The highest BCUT2D eigenvalue weighted by molar-refractivity contribution is 9.10. The number of aromatic nitrogens is 2. The SMILES string of the molecule is O=C(O)c1cn[nH]c1S(=O)(=O)NCc1ccc(Br)cc1. The summed E-state index contributed by atoms with van der Waals surface area (Å²) in [5.74, 6) is -1.36. The van der Waals surface area contributed by atoms with Gasteiger partial charge < -0.3 is 5.11 Å². The van der Waals surface area contributed by atoms with E-state index in [1.54, 1.807) is 24.3 Å². The van der Waals surface area contributed by atoms with Crippen LogP contribution in [-0.4, -0.2) is 29.7 Å². The maximum absolute atomic E-state index is 12.0. The lowest BCUT2D eigenvalue weighted by molar-refractivity contribution is 0.0692. The van der Waals surface area contributed by atoms with Gasteiger partial charge in [-0.2, -0.15) is 5.10 Å². The van der Waals surface area contributed by atoms with Crippen molar-refractivity contribution in [3.63, 3.8) is 0 Å². The second kappa shape index (κ2) is 5.73. The molecule has 0 atom stereocenters. The van der Waals surface area contributed by atoms with E-state index in [9.17, 15) is 13.2 Å². The van der Waals surface area contributed by atoms with Crippen LogP contribution in [0.3, 0.4) is 0 Å². The van der Waals surface area contributed by atoms with Gasteiger partial charge in [0.15, 0.2) is 5.03 Å². The van der Waals surface area contributed by atoms with Crippen LogP contribution in [0.5, 0.6) is 0 Å². The maximum Gasteiger partial charge on any atom is 0.340 e. The molecule has 0 saturated carbocycles. The second-order valence-electron chi connectivity index (χ2n) is 3.87. The molecule has 0 spiro atoms. The molecule has 0 aliphatic rings. The lowest BCUT2D eigenvalue weighted by Gasteiger charge is -2.06. The summed E-state index contributed by atoms with van der Waals surface area (Å²) >= 11 is 3.28. The lowest BCUT2D eigenvalue weighted by atomic mass is 10.2. The standard InChI is InChI=1S/C11H10BrN3O4S/c12-8-3-1-7(2-4-8)5-14-20(18,19)10-9(11(16)17)6-13-15-10/h1-4,6,14H,5H2,(H,13,15)(H,16,17). The average Bonchev–Trinajstić information content (AvgIpc) is 2.88. The van der Waals surface area contributed by atoms with E-state index in [2.05, 4.69) is 30.8 Å². The van der Waals surface area contributed by atoms with E-state index < -0.39 is 26.6 Å². The average molecular weight is 360 g/mol. The monoisotopic (exact) mass is 359 g/mol. The van der Waals surface area contributed by atoms with E-state index in [1.807, 2.05) is 0 Å². The van der Waals surface area contributed by atoms with Crippen molar-refractivity contribution < 1.29 is 18.3 Å². The van der Waals surface area contributed by atoms with E-state index in [4.69, 9.17) is 5.11 Å². The van der Waals surface area contributed by atoms with Gasteiger partial charge in [0.1, 0.15) is 5.56 Å². The highest BCUT2D eigenvalue weighted by Crippen LogP contribution is 2.14. The molecular formula is C11H10BrN3O4S. The van der Waals surface area contributed by atoms with E-state index >= 15 is 0 Å². The Hall–Kier alpha value is -1.71.